The van der Waals surface area contributed by atoms with Crippen molar-refractivity contribution in [1.82, 2.24) is 0 Å². The van der Waals surface area contributed by atoms with Crippen molar-refractivity contribution < 1.29 is 19.1 Å². The Hall–Kier alpha value is -2.43. The molecule has 0 amide bonds. The monoisotopic (exact) mass is 1160 g/mol. The summed E-state index contributed by atoms with van der Waals surface area (Å²) in [6.07, 6.45) is 62.7. The third-order valence-corrected chi connectivity index (χ3v) is 18.9. The van der Waals surface area contributed by atoms with Crippen LogP contribution >= 0.6 is 0 Å². The molecule has 0 saturated carbocycles. The fourth-order valence-corrected chi connectivity index (χ4v) is 13.6. The summed E-state index contributed by atoms with van der Waals surface area (Å²) >= 11 is 1.99. The fraction of sp³-hybridized carbons (Fsp3) is 0.769. The van der Waals surface area contributed by atoms with Crippen LogP contribution in [0.25, 0.3) is 16.9 Å². The second-order valence-corrected chi connectivity index (χ2v) is 26.1. The molecule has 0 aromatic heterocycles. The summed E-state index contributed by atoms with van der Waals surface area (Å²) in [5.74, 6) is 7.55. The van der Waals surface area contributed by atoms with E-state index in [1.807, 2.05) is 14.4 Å². The van der Waals surface area contributed by atoms with Crippen LogP contribution in [0.4, 0.5) is 0 Å². The van der Waals surface area contributed by atoms with Gasteiger partial charge in [-0.2, -0.15) is 0 Å². The van der Waals surface area contributed by atoms with E-state index >= 15 is 0 Å². The average molecular weight is 1160 g/mol. The Bertz CT molecular complexity index is 1940. The second-order valence-electron chi connectivity index (χ2n) is 24.6. The number of hydrogen-bond acceptors (Lipinski definition) is 0. The molecule has 0 spiro atoms. The molecule has 1 aliphatic rings. The van der Waals surface area contributed by atoms with Crippen molar-refractivity contribution in [2.24, 2.45) is 0 Å². The van der Waals surface area contributed by atoms with Gasteiger partial charge in [0.2, 0.25) is 11.4 Å². The molecule has 3 rings (SSSR count). The van der Waals surface area contributed by atoms with Gasteiger partial charge in [0, 0.05) is 23.1 Å². The first-order valence-electron chi connectivity index (χ1n) is 36.1. The molecule has 2 nitrogen and oxygen atoms in total. The van der Waals surface area contributed by atoms with Gasteiger partial charge in [-0.05, 0) is 128 Å². The molecule has 0 N–H and O–H groups in total. The Morgan fingerprint density at radius 1 is 0.333 bits per heavy atom. The molecule has 1 heterocycles. The van der Waals surface area contributed by atoms with Gasteiger partial charge in [0.15, 0.2) is 0 Å². The molecule has 3 heteroatoms. The van der Waals surface area contributed by atoms with Gasteiger partial charge in [-0.1, -0.05) is 247 Å². The molecule has 0 atom stereocenters. The number of unbranched alkanes of at least 4 members (excludes halogenated alkanes) is 35. The van der Waals surface area contributed by atoms with Crippen LogP contribution < -0.4 is 0 Å². The number of hydrogen-bond donors (Lipinski definition) is 0. The summed E-state index contributed by atoms with van der Waals surface area (Å²) in [7, 11) is 0. The van der Waals surface area contributed by atoms with Crippen molar-refractivity contribution in [3.63, 3.8) is 0 Å². The van der Waals surface area contributed by atoms with Gasteiger partial charge in [-0.25, -0.2) is 4.70 Å². The summed E-state index contributed by atoms with van der Waals surface area (Å²) in [6, 6.07) is 9.75. The number of benzene rings is 2. The van der Waals surface area contributed by atoms with E-state index in [-0.39, 0.29) is 0 Å². The SMILES string of the molecule is CCCCCCCCCCCCCCCCCCCCCCC#CC1=C(c2cc(CC)c(CCCCCC)c(CC)c2)[N+](=[N-])C(c2cc(CC)c(CCCCCC)c(CC)c2)=C1CCCCCC.CCCCC[CH2][Ni][CH2]CCCCC. The summed E-state index contributed by atoms with van der Waals surface area (Å²) in [4.78, 5) is 0. The van der Waals surface area contributed by atoms with Crippen LogP contribution in [0.5, 0.6) is 0 Å². The van der Waals surface area contributed by atoms with Crippen LogP contribution in [0.2, 0.25) is 10.8 Å². The minimum absolute atomic E-state index is 0.920. The third-order valence-electron chi connectivity index (χ3n) is 17.6. The van der Waals surface area contributed by atoms with Crippen molar-refractivity contribution in [1.29, 1.82) is 0 Å². The Balaban J connectivity index is 0.00000152. The zero-order chi connectivity index (χ0) is 58.8. The zero-order valence-electron chi connectivity index (χ0n) is 55.9. The Morgan fingerprint density at radius 3 is 0.951 bits per heavy atom. The summed E-state index contributed by atoms with van der Waals surface area (Å²) < 4.78 is 1.61. The zero-order valence-corrected chi connectivity index (χ0v) is 56.9. The maximum atomic E-state index is 12.8. The van der Waals surface area contributed by atoms with E-state index in [1.165, 1.54) is 288 Å². The first-order chi connectivity index (χ1) is 39.8. The molecule has 81 heavy (non-hydrogen) atoms. The van der Waals surface area contributed by atoms with Gasteiger partial charge in [-0.3, -0.25) is 0 Å². The van der Waals surface area contributed by atoms with Gasteiger partial charge in [-0.15, -0.1) is 0 Å². The second kappa shape index (κ2) is 51.9. The van der Waals surface area contributed by atoms with Crippen molar-refractivity contribution >= 4 is 11.4 Å². The van der Waals surface area contributed by atoms with Crippen molar-refractivity contribution in [3.8, 4) is 11.8 Å². The Labute approximate surface area is 513 Å². The van der Waals surface area contributed by atoms with Crippen LogP contribution in [0.1, 0.15) is 383 Å². The number of allylic oxidation sites excluding steroid dienone is 2. The Morgan fingerprint density at radius 2 is 0.617 bits per heavy atom. The van der Waals surface area contributed by atoms with E-state index in [0.29, 0.717) is 0 Å². The van der Waals surface area contributed by atoms with E-state index in [0.717, 1.165) is 86.7 Å². The first kappa shape index (κ1) is 74.7. The molecule has 0 saturated heterocycles. The van der Waals surface area contributed by atoms with Gasteiger partial charge in [0.25, 0.3) is 0 Å². The van der Waals surface area contributed by atoms with Gasteiger partial charge < -0.3 is 5.53 Å². The molecule has 1 aliphatic heterocycles. The number of rotatable bonds is 51. The van der Waals surface area contributed by atoms with Crippen LogP contribution in [0.15, 0.2) is 35.4 Å². The fourth-order valence-electron chi connectivity index (χ4n) is 12.4. The standard InChI is InChI=1S/C66H108N2.2C6H13.Ni/c1-9-17-21-25-26-27-28-29-30-31-32-33-34-35-36-37-38-39-40-41-42-46-50-64-63(49-45-24-20-12-4)65(59-51-55(13-5)61(56(14-6)52-59)47-43-22-18-10-2)68(67)66(64)60-53-57(15-7)62(58(16-8)54-60)48-44-23-19-11-3;2*1-3-5-6-4-2;/h51-54H,9-45,47-49H2,1-8H3;2*1,3-6H2,2H3;. The number of aryl methyl sites for hydroxylation is 4. The maximum absolute atomic E-state index is 12.8. The van der Waals surface area contributed by atoms with E-state index in [9.17, 15) is 5.53 Å². The summed E-state index contributed by atoms with van der Waals surface area (Å²) in [5.41, 5.74) is 28.3. The predicted octanol–water partition coefficient (Wildman–Crippen LogP) is 26.6. The molecule has 466 valence electrons. The van der Waals surface area contributed by atoms with Crippen molar-refractivity contribution in [2.45, 2.75) is 388 Å². The number of nitrogens with zero attached hydrogens (tertiary/aromatic N) is 2. The van der Waals surface area contributed by atoms with Crippen molar-refractivity contribution in [3.05, 3.63) is 85.5 Å². The molecule has 0 radical (unpaired) electrons. The molecular formula is C78H134N2Ni. The Kier molecular flexibility index (Phi) is 47.9. The first-order valence-corrected chi connectivity index (χ1v) is 37.5. The normalized spacial score (nSPS) is 12.5. The predicted molar refractivity (Wildman–Crippen MR) is 361 cm³/mol. The molecule has 2 aromatic rings. The van der Waals surface area contributed by atoms with E-state index < -0.39 is 0 Å². The quantitative estimate of drug-likeness (QED) is 0.0273. The topological polar surface area (TPSA) is 25.3 Å². The van der Waals surface area contributed by atoms with Gasteiger partial charge in [0.05, 0.1) is 0 Å². The minimum atomic E-state index is 0.920. The van der Waals surface area contributed by atoms with Gasteiger partial charge >= 0.3 is 90.4 Å². The van der Waals surface area contributed by atoms with E-state index in [2.05, 4.69) is 105 Å². The summed E-state index contributed by atoms with van der Waals surface area (Å²) in [5, 5.41) is 2.83. The molecule has 0 unspecified atom stereocenters. The van der Waals surface area contributed by atoms with E-state index in [1.54, 1.807) is 15.8 Å². The van der Waals surface area contributed by atoms with Crippen molar-refractivity contribution in [2.75, 3.05) is 0 Å². The third kappa shape index (κ3) is 32.1. The van der Waals surface area contributed by atoms with E-state index in [4.69, 9.17) is 0 Å². The molecule has 0 bridgehead atoms. The molecule has 0 aliphatic carbocycles. The van der Waals surface area contributed by atoms with Gasteiger partial charge in [0.1, 0.15) is 5.57 Å². The van der Waals surface area contributed by atoms with Crippen LogP contribution in [0, 0.1) is 11.8 Å². The van der Waals surface area contributed by atoms with Crippen LogP contribution in [0.3, 0.4) is 0 Å². The summed E-state index contributed by atoms with van der Waals surface area (Å²) in [6.45, 7) is 23.1. The molecular weight excluding hydrogens is 1020 g/mol. The average Bonchev–Trinajstić information content (AvgIpc) is 4.05. The molecule has 2 aromatic carbocycles. The van der Waals surface area contributed by atoms with Crippen LogP contribution in [-0.4, -0.2) is 4.70 Å². The van der Waals surface area contributed by atoms with Crippen LogP contribution in [-0.2, 0) is 53.0 Å². The molecule has 0 fully saturated rings.